The highest BCUT2D eigenvalue weighted by Crippen LogP contribution is 2.06. The van der Waals surface area contributed by atoms with Crippen molar-refractivity contribution < 1.29 is 23.9 Å². The average molecular weight is 187 g/mol. The van der Waals surface area contributed by atoms with Crippen LogP contribution in [0.1, 0.15) is 6.42 Å². The van der Waals surface area contributed by atoms with Crippen LogP contribution in [0.3, 0.4) is 0 Å². The number of carbonyl (C=O) groups excluding carboxylic acids is 2. The van der Waals surface area contributed by atoms with Gasteiger partial charge in [-0.2, -0.15) is 0 Å². The summed E-state index contributed by atoms with van der Waals surface area (Å²) < 4.78 is 8.84. The minimum absolute atomic E-state index is 0.375. The summed E-state index contributed by atoms with van der Waals surface area (Å²) in [6, 6.07) is 0. The fraction of sp³-hybridized carbons (Fsp3) is 0.571. The first-order chi connectivity index (χ1) is 6.24. The first-order valence-corrected chi connectivity index (χ1v) is 3.65. The summed E-state index contributed by atoms with van der Waals surface area (Å²) in [6.45, 7) is -0.394. The third kappa shape index (κ3) is 2.73. The number of nitrogens with zero attached hydrogens (tertiary/aromatic N) is 1. The van der Waals surface area contributed by atoms with Crippen LogP contribution < -0.4 is 0 Å². The Balaban J connectivity index is 2.21. The van der Waals surface area contributed by atoms with Crippen molar-refractivity contribution in [2.75, 3.05) is 13.7 Å². The molecule has 13 heavy (non-hydrogen) atoms. The van der Waals surface area contributed by atoms with E-state index in [0.717, 1.165) is 0 Å². The van der Waals surface area contributed by atoms with Crippen molar-refractivity contribution in [2.24, 2.45) is 5.16 Å². The molecule has 0 aromatic carbocycles. The molecular formula is C7H9NO5. The van der Waals surface area contributed by atoms with Gasteiger partial charge in [0.1, 0.15) is 0 Å². The van der Waals surface area contributed by atoms with Gasteiger partial charge in [-0.1, -0.05) is 5.16 Å². The van der Waals surface area contributed by atoms with Gasteiger partial charge in [-0.3, -0.25) is 0 Å². The summed E-state index contributed by atoms with van der Waals surface area (Å²) >= 11 is 0. The highest BCUT2D eigenvalue weighted by molar-refractivity contribution is 5.82. The molecule has 0 N–H and O–H groups in total. The molecule has 6 heteroatoms. The lowest BCUT2D eigenvalue weighted by Gasteiger charge is -2.06. The second-order valence-electron chi connectivity index (χ2n) is 2.30. The Hall–Kier alpha value is -1.59. The van der Waals surface area contributed by atoms with Crippen molar-refractivity contribution in [1.82, 2.24) is 0 Å². The van der Waals surface area contributed by atoms with Gasteiger partial charge in [0.05, 0.1) is 7.11 Å². The second-order valence-corrected chi connectivity index (χ2v) is 2.30. The topological polar surface area (TPSA) is 74.2 Å². The van der Waals surface area contributed by atoms with Crippen molar-refractivity contribution in [3.8, 4) is 0 Å². The molecule has 0 fully saturated rings. The summed E-state index contributed by atoms with van der Waals surface area (Å²) in [4.78, 5) is 26.2. The molecule has 1 aliphatic heterocycles. The van der Waals surface area contributed by atoms with E-state index in [1.54, 1.807) is 0 Å². The largest absolute Gasteiger partial charge is 0.466 e. The molecular weight excluding hydrogens is 178 g/mol. The van der Waals surface area contributed by atoms with E-state index in [9.17, 15) is 9.59 Å². The SMILES string of the molecule is COC(=O)COC(=O)C1CC=NO1. The summed E-state index contributed by atoms with van der Waals surface area (Å²) in [5.74, 6) is -1.21. The lowest BCUT2D eigenvalue weighted by Crippen LogP contribution is -2.25. The van der Waals surface area contributed by atoms with Gasteiger partial charge in [0, 0.05) is 12.6 Å². The van der Waals surface area contributed by atoms with Crippen LogP contribution in [0.25, 0.3) is 0 Å². The third-order valence-corrected chi connectivity index (χ3v) is 1.40. The Kier molecular flexibility index (Phi) is 3.24. The van der Waals surface area contributed by atoms with E-state index in [2.05, 4.69) is 19.5 Å². The van der Waals surface area contributed by atoms with Crippen molar-refractivity contribution >= 4 is 18.2 Å². The maximum absolute atomic E-state index is 11.0. The van der Waals surface area contributed by atoms with Crippen LogP contribution in [0.2, 0.25) is 0 Å². The Labute approximate surface area is 74.4 Å². The average Bonchev–Trinajstić information content (AvgIpc) is 2.66. The minimum atomic E-state index is -0.718. The van der Waals surface area contributed by atoms with Gasteiger partial charge < -0.3 is 14.3 Å². The number of rotatable bonds is 3. The number of carbonyl (C=O) groups is 2. The molecule has 1 aliphatic rings. The smallest absolute Gasteiger partial charge is 0.351 e. The second kappa shape index (κ2) is 4.44. The van der Waals surface area contributed by atoms with Gasteiger partial charge >= 0.3 is 11.9 Å². The molecule has 0 radical (unpaired) electrons. The number of oxime groups is 1. The summed E-state index contributed by atoms with van der Waals surface area (Å²) in [6.07, 6.45) is 1.12. The molecule has 0 spiro atoms. The fourth-order valence-electron chi connectivity index (χ4n) is 0.719. The molecule has 0 amide bonds. The lowest BCUT2D eigenvalue weighted by molar-refractivity contribution is -0.164. The number of hydrogen-bond donors (Lipinski definition) is 0. The van der Waals surface area contributed by atoms with Crippen LogP contribution in [-0.4, -0.2) is 38.0 Å². The molecule has 0 aromatic heterocycles. The van der Waals surface area contributed by atoms with Gasteiger partial charge in [-0.15, -0.1) is 0 Å². The normalized spacial score (nSPS) is 19.3. The Morgan fingerprint density at radius 1 is 1.69 bits per heavy atom. The van der Waals surface area contributed by atoms with E-state index in [1.807, 2.05) is 0 Å². The van der Waals surface area contributed by atoms with Crippen LogP contribution >= 0.6 is 0 Å². The molecule has 0 saturated heterocycles. The number of methoxy groups -OCH3 is 1. The van der Waals surface area contributed by atoms with Crippen LogP contribution in [0.4, 0.5) is 0 Å². The van der Waals surface area contributed by atoms with Crippen molar-refractivity contribution in [1.29, 1.82) is 0 Å². The van der Waals surface area contributed by atoms with Gasteiger partial charge in [-0.25, -0.2) is 9.59 Å². The molecule has 1 heterocycles. The molecule has 1 atom stereocenters. The quantitative estimate of drug-likeness (QED) is 0.555. The minimum Gasteiger partial charge on any atom is -0.466 e. The summed E-state index contributed by atoms with van der Waals surface area (Å²) in [7, 11) is 1.21. The van der Waals surface area contributed by atoms with Crippen LogP contribution in [-0.2, 0) is 23.9 Å². The highest BCUT2D eigenvalue weighted by Gasteiger charge is 2.24. The van der Waals surface area contributed by atoms with E-state index in [4.69, 9.17) is 0 Å². The Morgan fingerprint density at radius 2 is 2.46 bits per heavy atom. The maximum atomic E-state index is 11.0. The van der Waals surface area contributed by atoms with Crippen LogP contribution in [0.5, 0.6) is 0 Å². The van der Waals surface area contributed by atoms with Gasteiger partial charge in [0.25, 0.3) is 0 Å². The molecule has 6 nitrogen and oxygen atoms in total. The number of ether oxygens (including phenoxy) is 2. The Bertz CT molecular complexity index is 229. The number of esters is 2. The first kappa shape index (κ1) is 9.50. The van der Waals surface area contributed by atoms with E-state index in [0.29, 0.717) is 6.42 Å². The monoisotopic (exact) mass is 187 g/mol. The third-order valence-electron chi connectivity index (χ3n) is 1.40. The fourth-order valence-corrected chi connectivity index (χ4v) is 0.719. The van der Waals surface area contributed by atoms with E-state index in [-0.39, 0.29) is 0 Å². The molecule has 1 unspecified atom stereocenters. The van der Waals surface area contributed by atoms with Crippen LogP contribution in [0.15, 0.2) is 5.16 Å². The number of hydrogen-bond acceptors (Lipinski definition) is 6. The molecule has 72 valence electrons. The molecule has 0 saturated carbocycles. The first-order valence-electron chi connectivity index (χ1n) is 3.65. The Morgan fingerprint density at radius 3 is 3.00 bits per heavy atom. The van der Waals surface area contributed by atoms with E-state index in [1.165, 1.54) is 13.3 Å². The van der Waals surface area contributed by atoms with Gasteiger partial charge in [-0.05, 0) is 0 Å². The van der Waals surface area contributed by atoms with Gasteiger partial charge in [0.2, 0.25) is 6.10 Å². The van der Waals surface area contributed by atoms with Crippen molar-refractivity contribution in [3.05, 3.63) is 0 Å². The zero-order valence-corrected chi connectivity index (χ0v) is 7.06. The van der Waals surface area contributed by atoms with Crippen molar-refractivity contribution in [2.45, 2.75) is 12.5 Å². The predicted octanol–water partition coefficient (Wildman–Crippen LogP) is -0.523. The predicted molar refractivity (Wildman–Crippen MR) is 41.0 cm³/mol. The van der Waals surface area contributed by atoms with Gasteiger partial charge in [0.15, 0.2) is 6.61 Å². The van der Waals surface area contributed by atoms with Crippen LogP contribution in [0, 0.1) is 0 Å². The molecule has 0 aliphatic carbocycles. The molecule has 0 aromatic rings. The summed E-state index contributed by atoms with van der Waals surface area (Å²) in [5, 5.41) is 3.39. The van der Waals surface area contributed by atoms with E-state index >= 15 is 0 Å². The zero-order valence-electron chi connectivity index (χ0n) is 7.06. The standard InChI is InChI=1S/C7H9NO5/c1-11-6(9)4-12-7(10)5-2-3-8-13-5/h3,5H,2,4H2,1H3. The molecule has 1 rings (SSSR count). The maximum Gasteiger partial charge on any atom is 0.351 e. The lowest BCUT2D eigenvalue weighted by atomic mass is 10.3. The molecule has 0 bridgehead atoms. The highest BCUT2D eigenvalue weighted by atomic mass is 16.7. The van der Waals surface area contributed by atoms with E-state index < -0.39 is 24.6 Å². The summed E-state index contributed by atoms with van der Waals surface area (Å²) in [5.41, 5.74) is 0. The van der Waals surface area contributed by atoms with Crippen molar-refractivity contribution in [3.63, 3.8) is 0 Å². The zero-order chi connectivity index (χ0) is 9.68.